The van der Waals surface area contributed by atoms with E-state index >= 15 is 0 Å². The summed E-state index contributed by atoms with van der Waals surface area (Å²) in [5, 5.41) is 3.41. The lowest BCUT2D eigenvalue weighted by Gasteiger charge is -2.31. The van der Waals surface area contributed by atoms with E-state index in [1.54, 1.807) is 0 Å². The normalized spacial score (nSPS) is 29.9. The second-order valence-electron chi connectivity index (χ2n) is 7.53. The van der Waals surface area contributed by atoms with Gasteiger partial charge in [-0.1, -0.05) is 24.3 Å². The standard InChI is InChI=1S/C18H25NO2/c1-17(2)10-14(18(3,4)21-17)16(20)15-9-12-7-5-6-8-13(12)11-19-15/h5-8,14-15,19H,9-11H2,1-4H3. The first kappa shape index (κ1) is 14.7. The second-order valence-corrected chi connectivity index (χ2v) is 7.53. The first-order valence-electron chi connectivity index (χ1n) is 7.83. The topological polar surface area (TPSA) is 38.3 Å². The van der Waals surface area contributed by atoms with Crippen LogP contribution >= 0.6 is 0 Å². The van der Waals surface area contributed by atoms with Crippen LogP contribution in [0.4, 0.5) is 0 Å². The zero-order valence-electron chi connectivity index (χ0n) is 13.4. The van der Waals surface area contributed by atoms with E-state index in [0.29, 0.717) is 5.78 Å². The molecule has 3 rings (SSSR count). The molecule has 2 aliphatic heterocycles. The highest BCUT2D eigenvalue weighted by Gasteiger charge is 2.50. The van der Waals surface area contributed by atoms with Crippen molar-refractivity contribution < 1.29 is 9.53 Å². The van der Waals surface area contributed by atoms with Crippen LogP contribution in [0.2, 0.25) is 0 Å². The van der Waals surface area contributed by atoms with Gasteiger partial charge in [0.05, 0.1) is 23.2 Å². The first-order valence-corrected chi connectivity index (χ1v) is 7.83. The highest BCUT2D eigenvalue weighted by Crippen LogP contribution is 2.43. The predicted octanol–water partition coefficient (Wildman–Crippen LogP) is 2.86. The maximum atomic E-state index is 13.0. The summed E-state index contributed by atoms with van der Waals surface area (Å²) >= 11 is 0. The molecule has 1 fully saturated rings. The quantitative estimate of drug-likeness (QED) is 0.909. The number of ketones is 1. The number of benzene rings is 1. The van der Waals surface area contributed by atoms with Crippen molar-refractivity contribution in [3.63, 3.8) is 0 Å². The summed E-state index contributed by atoms with van der Waals surface area (Å²) in [6.07, 6.45) is 1.60. The van der Waals surface area contributed by atoms with Crippen molar-refractivity contribution in [1.29, 1.82) is 0 Å². The molecule has 3 heteroatoms. The van der Waals surface area contributed by atoms with Gasteiger partial charge in [-0.3, -0.25) is 4.79 Å². The molecule has 2 atom stereocenters. The van der Waals surface area contributed by atoms with Gasteiger partial charge in [-0.15, -0.1) is 0 Å². The molecule has 0 radical (unpaired) electrons. The summed E-state index contributed by atoms with van der Waals surface area (Å²) in [4.78, 5) is 13.0. The third-order valence-corrected chi connectivity index (χ3v) is 4.84. The molecule has 21 heavy (non-hydrogen) atoms. The molecule has 2 unspecified atom stereocenters. The zero-order valence-corrected chi connectivity index (χ0v) is 13.4. The fourth-order valence-electron chi connectivity index (χ4n) is 3.90. The maximum absolute atomic E-state index is 13.0. The predicted molar refractivity (Wildman–Crippen MR) is 83.1 cm³/mol. The van der Waals surface area contributed by atoms with Crippen molar-refractivity contribution in [2.45, 2.75) is 64.3 Å². The van der Waals surface area contributed by atoms with E-state index in [1.165, 1.54) is 11.1 Å². The summed E-state index contributed by atoms with van der Waals surface area (Å²) < 4.78 is 6.08. The van der Waals surface area contributed by atoms with Crippen LogP contribution < -0.4 is 5.32 Å². The van der Waals surface area contributed by atoms with Gasteiger partial charge in [0, 0.05) is 6.54 Å². The van der Waals surface area contributed by atoms with Crippen LogP contribution in [0.3, 0.4) is 0 Å². The van der Waals surface area contributed by atoms with E-state index < -0.39 is 0 Å². The summed E-state index contributed by atoms with van der Waals surface area (Å²) in [6.45, 7) is 9.02. The molecule has 0 bridgehead atoms. The van der Waals surface area contributed by atoms with E-state index in [4.69, 9.17) is 4.74 Å². The second kappa shape index (κ2) is 4.92. The molecule has 0 aliphatic carbocycles. The number of nitrogens with one attached hydrogen (secondary N) is 1. The van der Waals surface area contributed by atoms with Gasteiger partial charge in [0.25, 0.3) is 0 Å². The highest BCUT2D eigenvalue weighted by atomic mass is 16.5. The summed E-state index contributed by atoms with van der Waals surface area (Å²) in [5.41, 5.74) is 2.02. The molecule has 0 aromatic heterocycles. The van der Waals surface area contributed by atoms with Gasteiger partial charge in [0.1, 0.15) is 0 Å². The van der Waals surface area contributed by atoms with Gasteiger partial charge in [-0.25, -0.2) is 0 Å². The minimum Gasteiger partial charge on any atom is -0.369 e. The average Bonchev–Trinajstić information content (AvgIpc) is 2.65. The zero-order chi connectivity index (χ0) is 15.3. The Morgan fingerprint density at radius 2 is 1.86 bits per heavy atom. The average molecular weight is 287 g/mol. The van der Waals surface area contributed by atoms with Gasteiger partial charge in [0.2, 0.25) is 0 Å². The van der Waals surface area contributed by atoms with E-state index in [2.05, 4.69) is 43.4 Å². The SMILES string of the molecule is CC1(C)CC(C(=O)C2Cc3ccccc3CN2)C(C)(C)O1. The van der Waals surface area contributed by atoms with Gasteiger partial charge in [-0.05, 0) is 51.7 Å². The number of carbonyl (C=O) groups is 1. The highest BCUT2D eigenvalue weighted by molar-refractivity contribution is 5.88. The Bertz CT molecular complexity index is 562. The van der Waals surface area contributed by atoms with E-state index in [0.717, 1.165) is 19.4 Å². The van der Waals surface area contributed by atoms with E-state index in [-0.39, 0.29) is 23.2 Å². The molecular formula is C18H25NO2. The summed E-state index contributed by atoms with van der Waals surface area (Å²) in [7, 11) is 0. The van der Waals surface area contributed by atoms with Crippen LogP contribution in [0.5, 0.6) is 0 Å². The van der Waals surface area contributed by atoms with Crippen molar-refractivity contribution in [2.24, 2.45) is 5.92 Å². The molecule has 1 aromatic rings. The number of fused-ring (bicyclic) bond motifs is 1. The van der Waals surface area contributed by atoms with Gasteiger partial charge >= 0.3 is 0 Å². The van der Waals surface area contributed by atoms with Crippen LogP contribution in [0, 0.1) is 5.92 Å². The third kappa shape index (κ3) is 2.77. The molecule has 0 saturated carbocycles. The van der Waals surface area contributed by atoms with Crippen LogP contribution in [-0.4, -0.2) is 23.0 Å². The molecule has 0 spiro atoms. The molecule has 2 heterocycles. The fraction of sp³-hybridized carbons (Fsp3) is 0.611. The molecule has 1 aromatic carbocycles. The third-order valence-electron chi connectivity index (χ3n) is 4.84. The Morgan fingerprint density at radius 1 is 1.19 bits per heavy atom. The van der Waals surface area contributed by atoms with Crippen LogP contribution in [-0.2, 0) is 22.5 Å². The number of hydrogen-bond donors (Lipinski definition) is 1. The van der Waals surface area contributed by atoms with Crippen molar-refractivity contribution in [2.75, 3.05) is 0 Å². The number of ether oxygens (including phenoxy) is 1. The molecule has 3 nitrogen and oxygen atoms in total. The Labute approximate surface area is 127 Å². The minimum atomic E-state index is -0.376. The molecule has 114 valence electrons. The first-order chi connectivity index (χ1) is 9.78. The summed E-state index contributed by atoms with van der Waals surface area (Å²) in [6, 6.07) is 8.30. The smallest absolute Gasteiger partial charge is 0.156 e. The summed E-state index contributed by atoms with van der Waals surface area (Å²) in [5.74, 6) is 0.273. The number of carbonyl (C=O) groups excluding carboxylic acids is 1. The van der Waals surface area contributed by atoms with Crippen molar-refractivity contribution in [3.8, 4) is 0 Å². The molecule has 1 saturated heterocycles. The van der Waals surface area contributed by atoms with Crippen LogP contribution in [0.25, 0.3) is 0 Å². The van der Waals surface area contributed by atoms with Gasteiger partial charge < -0.3 is 10.1 Å². The lowest BCUT2D eigenvalue weighted by Crippen LogP contribution is -2.48. The lowest BCUT2D eigenvalue weighted by atomic mass is 9.79. The number of hydrogen-bond acceptors (Lipinski definition) is 3. The van der Waals surface area contributed by atoms with Gasteiger partial charge in [0.15, 0.2) is 5.78 Å². The Balaban J connectivity index is 1.78. The molecule has 1 N–H and O–H groups in total. The Kier molecular flexibility index (Phi) is 3.45. The van der Waals surface area contributed by atoms with Crippen molar-refractivity contribution >= 4 is 5.78 Å². The van der Waals surface area contributed by atoms with Crippen molar-refractivity contribution in [3.05, 3.63) is 35.4 Å². The minimum absolute atomic E-state index is 0.0322. The maximum Gasteiger partial charge on any atom is 0.156 e. The largest absolute Gasteiger partial charge is 0.369 e. The molecule has 2 aliphatic rings. The fourth-order valence-corrected chi connectivity index (χ4v) is 3.90. The van der Waals surface area contributed by atoms with Crippen LogP contribution in [0.15, 0.2) is 24.3 Å². The molecular weight excluding hydrogens is 262 g/mol. The van der Waals surface area contributed by atoms with E-state index in [1.807, 2.05) is 13.8 Å². The van der Waals surface area contributed by atoms with E-state index in [9.17, 15) is 4.79 Å². The Morgan fingerprint density at radius 3 is 2.48 bits per heavy atom. The Hall–Kier alpha value is -1.19. The van der Waals surface area contributed by atoms with Gasteiger partial charge in [-0.2, -0.15) is 0 Å². The van der Waals surface area contributed by atoms with Crippen molar-refractivity contribution in [1.82, 2.24) is 5.32 Å². The lowest BCUT2D eigenvalue weighted by molar-refractivity contribution is -0.131. The molecule has 0 amide bonds. The van der Waals surface area contributed by atoms with Crippen LogP contribution in [0.1, 0.15) is 45.2 Å². The number of Topliss-reactive ketones (excluding diaryl/α,β-unsaturated/α-hetero) is 1. The number of rotatable bonds is 2. The monoisotopic (exact) mass is 287 g/mol.